The molecule has 1 N–H and O–H groups in total. The molecule has 0 heterocycles. The van der Waals surface area contributed by atoms with Gasteiger partial charge in [-0.1, -0.05) is 22.9 Å². The molecule has 17 heavy (non-hydrogen) atoms. The Balaban J connectivity index is 2.36. The normalized spacial score (nSPS) is 12.5. The summed E-state index contributed by atoms with van der Waals surface area (Å²) < 4.78 is 19.5. The van der Waals surface area contributed by atoms with Crippen molar-refractivity contribution in [3.63, 3.8) is 0 Å². The highest BCUT2D eigenvalue weighted by atomic mass is 79.9. The fourth-order valence-electron chi connectivity index (χ4n) is 1.58. The zero-order valence-electron chi connectivity index (χ0n) is 10.3. The van der Waals surface area contributed by atoms with Gasteiger partial charge in [0.05, 0.1) is 6.10 Å². The molecule has 0 amide bonds. The van der Waals surface area contributed by atoms with E-state index in [1.54, 1.807) is 6.07 Å². The number of rotatable bonds is 7. The van der Waals surface area contributed by atoms with Gasteiger partial charge < -0.3 is 10.1 Å². The van der Waals surface area contributed by atoms with E-state index >= 15 is 0 Å². The Kier molecular flexibility index (Phi) is 6.52. The van der Waals surface area contributed by atoms with Gasteiger partial charge in [0.1, 0.15) is 11.6 Å². The third-order valence-electron chi connectivity index (χ3n) is 2.39. The molecule has 0 saturated heterocycles. The Morgan fingerprint density at radius 3 is 2.82 bits per heavy atom. The molecule has 1 atom stereocenters. The Bertz CT molecular complexity index is 326. The van der Waals surface area contributed by atoms with Crippen LogP contribution in [-0.4, -0.2) is 19.2 Å². The maximum Gasteiger partial charge on any atom is 0.128 e. The van der Waals surface area contributed by atoms with Gasteiger partial charge >= 0.3 is 0 Å². The highest BCUT2D eigenvalue weighted by Gasteiger charge is 2.06. The first-order valence-electron chi connectivity index (χ1n) is 5.95. The van der Waals surface area contributed by atoms with Gasteiger partial charge in [-0.25, -0.2) is 4.39 Å². The molecule has 96 valence electrons. The van der Waals surface area contributed by atoms with Gasteiger partial charge in [0.15, 0.2) is 0 Å². The highest BCUT2D eigenvalue weighted by molar-refractivity contribution is 9.10. The fourth-order valence-corrected chi connectivity index (χ4v) is 2.02. The molecular weight excluding hydrogens is 285 g/mol. The number of nitrogens with one attached hydrogen (secondary N) is 1. The molecule has 1 rings (SSSR count). The largest absolute Gasteiger partial charge is 0.491 e. The molecule has 2 nitrogen and oxygen atoms in total. The lowest BCUT2D eigenvalue weighted by molar-refractivity contribution is 0.206. The van der Waals surface area contributed by atoms with E-state index in [9.17, 15) is 4.39 Å². The van der Waals surface area contributed by atoms with E-state index in [0.717, 1.165) is 25.9 Å². The zero-order chi connectivity index (χ0) is 12.7. The Morgan fingerprint density at radius 1 is 1.41 bits per heavy atom. The van der Waals surface area contributed by atoms with Crippen molar-refractivity contribution in [2.75, 3.05) is 13.1 Å². The van der Waals surface area contributed by atoms with Gasteiger partial charge in [0, 0.05) is 10.5 Å². The number of ether oxygens (including phenoxy) is 1. The standard InChI is InChI=1S/C13H19BrFNO/c1-3-16-6-4-5-10(2)17-13-8-11(14)7-12(15)9-13/h7-10,16H,3-6H2,1-2H3. The Labute approximate surface area is 111 Å². The average Bonchev–Trinajstić information content (AvgIpc) is 2.23. The molecule has 0 aliphatic heterocycles. The van der Waals surface area contributed by atoms with Crippen LogP contribution in [0.25, 0.3) is 0 Å². The van der Waals surface area contributed by atoms with Crippen molar-refractivity contribution in [3.05, 3.63) is 28.5 Å². The number of benzene rings is 1. The molecule has 0 aromatic heterocycles. The topological polar surface area (TPSA) is 21.3 Å². The van der Waals surface area contributed by atoms with Crippen molar-refractivity contribution in [1.82, 2.24) is 5.32 Å². The highest BCUT2D eigenvalue weighted by Crippen LogP contribution is 2.22. The summed E-state index contributed by atoms with van der Waals surface area (Å²) >= 11 is 3.25. The van der Waals surface area contributed by atoms with E-state index in [4.69, 9.17) is 4.74 Å². The van der Waals surface area contributed by atoms with Gasteiger partial charge in [0.2, 0.25) is 0 Å². The van der Waals surface area contributed by atoms with Crippen LogP contribution in [0.15, 0.2) is 22.7 Å². The maximum absolute atomic E-state index is 13.1. The summed E-state index contributed by atoms with van der Waals surface area (Å²) in [6, 6.07) is 4.61. The first-order chi connectivity index (χ1) is 8.11. The molecule has 1 unspecified atom stereocenters. The molecule has 0 radical (unpaired) electrons. The predicted molar refractivity (Wildman–Crippen MR) is 72.0 cm³/mol. The molecule has 0 bridgehead atoms. The van der Waals surface area contributed by atoms with Crippen LogP contribution in [0.2, 0.25) is 0 Å². The lowest BCUT2D eigenvalue weighted by Gasteiger charge is -2.15. The number of halogens is 2. The van der Waals surface area contributed by atoms with Gasteiger partial charge in [-0.05, 0) is 45.0 Å². The number of hydrogen-bond donors (Lipinski definition) is 1. The minimum atomic E-state index is -0.283. The van der Waals surface area contributed by atoms with Crippen LogP contribution in [0, 0.1) is 5.82 Å². The van der Waals surface area contributed by atoms with Crippen molar-refractivity contribution in [2.45, 2.75) is 32.8 Å². The summed E-state index contributed by atoms with van der Waals surface area (Å²) in [4.78, 5) is 0. The van der Waals surface area contributed by atoms with Gasteiger partial charge in [-0.3, -0.25) is 0 Å². The minimum absolute atomic E-state index is 0.0994. The van der Waals surface area contributed by atoms with E-state index in [1.165, 1.54) is 12.1 Å². The van der Waals surface area contributed by atoms with E-state index in [-0.39, 0.29) is 11.9 Å². The van der Waals surface area contributed by atoms with Crippen LogP contribution in [0.4, 0.5) is 4.39 Å². The van der Waals surface area contributed by atoms with E-state index in [0.29, 0.717) is 10.2 Å². The minimum Gasteiger partial charge on any atom is -0.491 e. The molecule has 0 fully saturated rings. The van der Waals surface area contributed by atoms with E-state index in [1.807, 2.05) is 6.92 Å². The predicted octanol–water partition coefficient (Wildman–Crippen LogP) is 3.75. The Morgan fingerprint density at radius 2 is 2.18 bits per heavy atom. The second kappa shape index (κ2) is 7.67. The van der Waals surface area contributed by atoms with Gasteiger partial charge in [-0.2, -0.15) is 0 Å². The molecule has 1 aromatic rings. The molecule has 4 heteroatoms. The fraction of sp³-hybridized carbons (Fsp3) is 0.538. The summed E-state index contributed by atoms with van der Waals surface area (Å²) in [6.07, 6.45) is 2.12. The zero-order valence-corrected chi connectivity index (χ0v) is 11.9. The van der Waals surface area contributed by atoms with Crippen LogP contribution in [0.3, 0.4) is 0 Å². The summed E-state index contributed by atoms with van der Waals surface area (Å²) in [5.41, 5.74) is 0. The summed E-state index contributed by atoms with van der Waals surface area (Å²) in [7, 11) is 0. The third-order valence-corrected chi connectivity index (χ3v) is 2.85. The molecule has 0 saturated carbocycles. The van der Waals surface area contributed by atoms with Crippen LogP contribution < -0.4 is 10.1 Å². The first kappa shape index (κ1) is 14.5. The van der Waals surface area contributed by atoms with Crippen molar-refractivity contribution in [3.8, 4) is 5.75 Å². The first-order valence-corrected chi connectivity index (χ1v) is 6.74. The van der Waals surface area contributed by atoms with Crippen LogP contribution in [0.5, 0.6) is 5.75 Å². The lowest BCUT2D eigenvalue weighted by Crippen LogP contribution is -2.18. The maximum atomic E-state index is 13.1. The number of hydrogen-bond acceptors (Lipinski definition) is 2. The second-order valence-corrected chi connectivity index (χ2v) is 4.95. The van der Waals surface area contributed by atoms with Gasteiger partial charge in [-0.15, -0.1) is 0 Å². The summed E-state index contributed by atoms with van der Waals surface area (Å²) in [5.74, 6) is 0.294. The molecule has 1 aromatic carbocycles. The van der Waals surface area contributed by atoms with E-state index in [2.05, 4.69) is 28.2 Å². The van der Waals surface area contributed by atoms with Crippen molar-refractivity contribution < 1.29 is 9.13 Å². The third kappa shape index (κ3) is 6.03. The SMILES string of the molecule is CCNCCCC(C)Oc1cc(F)cc(Br)c1. The lowest BCUT2D eigenvalue weighted by atomic mass is 10.2. The second-order valence-electron chi connectivity index (χ2n) is 4.03. The van der Waals surface area contributed by atoms with Crippen LogP contribution in [-0.2, 0) is 0 Å². The van der Waals surface area contributed by atoms with Crippen molar-refractivity contribution in [2.24, 2.45) is 0 Å². The van der Waals surface area contributed by atoms with Gasteiger partial charge in [0.25, 0.3) is 0 Å². The average molecular weight is 304 g/mol. The van der Waals surface area contributed by atoms with E-state index < -0.39 is 0 Å². The molecular formula is C13H19BrFNO. The molecule has 0 aliphatic rings. The summed E-state index contributed by atoms with van der Waals surface area (Å²) in [5, 5.41) is 3.26. The van der Waals surface area contributed by atoms with Crippen LogP contribution in [0.1, 0.15) is 26.7 Å². The monoisotopic (exact) mass is 303 g/mol. The van der Waals surface area contributed by atoms with Crippen LogP contribution >= 0.6 is 15.9 Å². The quantitative estimate of drug-likeness (QED) is 0.775. The molecule has 0 aliphatic carbocycles. The smallest absolute Gasteiger partial charge is 0.128 e. The van der Waals surface area contributed by atoms with Crippen molar-refractivity contribution in [1.29, 1.82) is 0 Å². The Hall–Kier alpha value is -0.610. The summed E-state index contributed by atoms with van der Waals surface area (Å²) in [6.45, 7) is 6.08. The van der Waals surface area contributed by atoms with Crippen molar-refractivity contribution >= 4 is 15.9 Å². The molecule has 0 spiro atoms.